The van der Waals surface area contributed by atoms with E-state index in [4.69, 9.17) is 0 Å². The van der Waals surface area contributed by atoms with E-state index in [1.165, 1.54) is 153 Å². The number of hydrogen-bond donors (Lipinski definition) is 0. The number of benzene rings is 13. The summed E-state index contributed by atoms with van der Waals surface area (Å²) in [6.45, 7) is 7.13. The highest BCUT2D eigenvalue weighted by molar-refractivity contribution is 7.26. The molecule has 1 aliphatic rings. The van der Waals surface area contributed by atoms with Crippen LogP contribution in [0.3, 0.4) is 0 Å². The molecule has 0 saturated heterocycles. The van der Waals surface area contributed by atoms with Crippen LogP contribution in [0.1, 0.15) is 48.6 Å². The van der Waals surface area contributed by atoms with Gasteiger partial charge in [-0.05, 0) is 132 Å². The van der Waals surface area contributed by atoms with E-state index in [0.29, 0.717) is 0 Å². The highest BCUT2D eigenvalue weighted by Crippen LogP contribution is 2.60. The first-order chi connectivity index (χ1) is 42.3. The lowest BCUT2D eigenvalue weighted by Crippen LogP contribution is -2.29. The average molecular weight is 1120 g/mol. The minimum Gasteiger partial charge on any atom is -0.309 e. The Morgan fingerprint density at radius 3 is 1.55 bits per heavy atom. The Hall–Kier alpha value is -10.3. The van der Waals surface area contributed by atoms with Crippen LogP contribution in [0.15, 0.2) is 297 Å². The molecule has 17 rings (SSSR count). The summed E-state index contributed by atoms with van der Waals surface area (Å²) < 4.78 is 7.69. The van der Waals surface area contributed by atoms with Gasteiger partial charge in [0.1, 0.15) is 0 Å². The number of hydrogen-bond acceptors (Lipinski definition) is 1. The second-order valence-electron chi connectivity index (χ2n) is 24.3. The van der Waals surface area contributed by atoms with Crippen LogP contribution < -0.4 is 0 Å². The van der Waals surface area contributed by atoms with Crippen LogP contribution in [0.4, 0.5) is 0 Å². The Balaban J connectivity index is 0.947. The minimum atomic E-state index is -0.745. The largest absolute Gasteiger partial charge is 0.309 e. The summed E-state index contributed by atoms with van der Waals surface area (Å²) >= 11 is 1.89. The molecule has 406 valence electrons. The molecule has 3 heterocycles. The number of rotatable bonds is 8. The summed E-state index contributed by atoms with van der Waals surface area (Å²) in [5.74, 6) is 0. The zero-order valence-electron chi connectivity index (χ0n) is 48.1. The van der Waals surface area contributed by atoms with Gasteiger partial charge < -0.3 is 9.13 Å². The first-order valence-corrected chi connectivity index (χ1v) is 30.8. The van der Waals surface area contributed by atoms with Crippen molar-refractivity contribution >= 4 is 75.1 Å². The van der Waals surface area contributed by atoms with E-state index >= 15 is 0 Å². The van der Waals surface area contributed by atoms with Crippen LogP contribution >= 0.6 is 11.3 Å². The van der Waals surface area contributed by atoms with Crippen LogP contribution in [0.5, 0.6) is 0 Å². The fourth-order valence-electron chi connectivity index (χ4n) is 14.5. The maximum Gasteiger partial charge on any atom is 0.0714 e. The van der Waals surface area contributed by atoms with Gasteiger partial charge in [0.25, 0.3) is 0 Å². The third-order valence-corrected chi connectivity index (χ3v) is 19.8. The number of aromatic nitrogens is 2. The van der Waals surface area contributed by atoms with Gasteiger partial charge in [-0.25, -0.2) is 0 Å². The first kappa shape index (κ1) is 50.2. The quantitative estimate of drug-likeness (QED) is 0.144. The molecule has 3 heteroatoms. The molecule has 0 fully saturated rings. The second-order valence-corrected chi connectivity index (χ2v) is 25.4. The standard InChI is InChI=1S/C83H58N2S/c1-82(2,3)61-51-73-79(77(52-61)85-75-35-17-14-28-66(75)71-49-58(42-48-76(71)85)63-30-19-32-68-65-27-13-16-34-74(65)84(80(63)68)62-25-11-6-12-26-62)70-47-41-57(54-23-9-5-10-24-54)50-72(70)83(73,59-43-37-55(38-44-59)53-21-7-4-8-22-53)60-45-39-56(40-46-60)64-31-20-33-69-67-29-15-18-36-78(67)86-81(64)69/h4-52H,1-3H3. The molecule has 3 aromatic heterocycles. The van der Waals surface area contributed by atoms with Crippen molar-refractivity contribution in [3.63, 3.8) is 0 Å². The summed E-state index contributed by atoms with van der Waals surface area (Å²) in [6, 6.07) is 112. The molecule has 86 heavy (non-hydrogen) atoms. The summed E-state index contributed by atoms with van der Waals surface area (Å²) in [4.78, 5) is 0. The van der Waals surface area contributed by atoms with Crippen LogP contribution in [0, 0.1) is 0 Å². The van der Waals surface area contributed by atoms with Gasteiger partial charge in [0.15, 0.2) is 0 Å². The first-order valence-electron chi connectivity index (χ1n) is 30.0. The second kappa shape index (κ2) is 19.4. The predicted molar refractivity (Wildman–Crippen MR) is 366 cm³/mol. The molecule has 0 N–H and O–H groups in total. The Bertz CT molecular complexity index is 5350. The summed E-state index contributed by atoms with van der Waals surface area (Å²) in [7, 11) is 0. The number of nitrogens with zero attached hydrogens (tertiary/aromatic N) is 2. The number of thiophene rings is 1. The van der Waals surface area contributed by atoms with E-state index in [9.17, 15) is 0 Å². The van der Waals surface area contributed by atoms with Crippen molar-refractivity contribution in [3.05, 3.63) is 325 Å². The third-order valence-electron chi connectivity index (χ3n) is 18.6. The zero-order chi connectivity index (χ0) is 57.3. The topological polar surface area (TPSA) is 9.86 Å². The van der Waals surface area contributed by atoms with E-state index in [1.807, 2.05) is 11.3 Å². The summed E-state index contributed by atoms with van der Waals surface area (Å²) in [6.07, 6.45) is 0. The molecule has 1 atom stereocenters. The number of fused-ring (bicyclic) bond motifs is 12. The van der Waals surface area contributed by atoms with Gasteiger partial charge >= 0.3 is 0 Å². The fourth-order valence-corrected chi connectivity index (χ4v) is 15.8. The van der Waals surface area contributed by atoms with Gasteiger partial charge in [-0.1, -0.05) is 263 Å². The van der Waals surface area contributed by atoms with E-state index in [2.05, 4.69) is 327 Å². The number of para-hydroxylation sites is 4. The maximum atomic E-state index is 2.60. The van der Waals surface area contributed by atoms with Gasteiger partial charge in [0.2, 0.25) is 0 Å². The van der Waals surface area contributed by atoms with Crippen molar-refractivity contribution in [1.29, 1.82) is 0 Å². The fraction of sp³-hybridized carbons (Fsp3) is 0.0602. The third kappa shape index (κ3) is 7.57. The van der Waals surface area contributed by atoms with Crippen molar-refractivity contribution in [2.75, 3.05) is 0 Å². The van der Waals surface area contributed by atoms with Crippen LogP contribution in [-0.2, 0) is 10.8 Å². The van der Waals surface area contributed by atoms with Gasteiger partial charge in [-0.15, -0.1) is 11.3 Å². The molecule has 0 aliphatic heterocycles. The Kier molecular flexibility index (Phi) is 11.3. The van der Waals surface area contributed by atoms with Crippen molar-refractivity contribution < 1.29 is 0 Å². The minimum absolute atomic E-state index is 0.217. The molecule has 0 spiro atoms. The van der Waals surface area contributed by atoms with Gasteiger partial charge in [-0.3, -0.25) is 0 Å². The van der Waals surface area contributed by atoms with Crippen molar-refractivity contribution in [1.82, 2.24) is 9.13 Å². The van der Waals surface area contributed by atoms with Crippen LogP contribution in [0.2, 0.25) is 0 Å². The smallest absolute Gasteiger partial charge is 0.0714 e. The SMILES string of the molecule is CC(C)(C)c1cc(-n2c3ccccc3c3cc(-c4cccc5c6ccccc6n(-c6ccccc6)c45)ccc32)c2c(c1)C(c1ccc(-c3ccccc3)cc1)(c1ccc(-c3cccc4c3sc3ccccc34)cc1)c1cc(-c3ccccc3)ccc1-2. The average Bonchev–Trinajstić information content (AvgIpc) is 1.59. The van der Waals surface area contributed by atoms with E-state index < -0.39 is 5.41 Å². The molecule has 1 aliphatic carbocycles. The van der Waals surface area contributed by atoms with Crippen LogP contribution in [-0.4, -0.2) is 9.13 Å². The van der Waals surface area contributed by atoms with Crippen molar-refractivity contribution in [3.8, 4) is 67.0 Å². The molecule has 1 unspecified atom stereocenters. The molecule has 2 nitrogen and oxygen atoms in total. The lowest BCUT2D eigenvalue weighted by atomic mass is 9.66. The van der Waals surface area contributed by atoms with Crippen molar-refractivity contribution in [2.45, 2.75) is 31.6 Å². The van der Waals surface area contributed by atoms with E-state index in [0.717, 1.165) is 5.69 Å². The Morgan fingerprint density at radius 1 is 0.326 bits per heavy atom. The molecular formula is C83H58N2S. The Labute approximate surface area is 504 Å². The van der Waals surface area contributed by atoms with E-state index in [1.54, 1.807) is 0 Å². The monoisotopic (exact) mass is 1110 g/mol. The van der Waals surface area contributed by atoms with Crippen molar-refractivity contribution in [2.24, 2.45) is 0 Å². The summed E-state index contributed by atoms with van der Waals surface area (Å²) in [5.41, 5.74) is 24.6. The summed E-state index contributed by atoms with van der Waals surface area (Å²) in [5, 5.41) is 7.55. The molecular weight excluding hydrogens is 1060 g/mol. The lowest BCUT2D eigenvalue weighted by Gasteiger charge is -2.35. The molecule has 0 saturated carbocycles. The van der Waals surface area contributed by atoms with Gasteiger partial charge in [0, 0.05) is 58.5 Å². The molecule has 0 radical (unpaired) electrons. The lowest BCUT2D eigenvalue weighted by molar-refractivity contribution is 0.587. The van der Waals surface area contributed by atoms with E-state index in [-0.39, 0.29) is 5.41 Å². The molecule has 0 bridgehead atoms. The highest BCUT2D eigenvalue weighted by Gasteiger charge is 2.48. The van der Waals surface area contributed by atoms with Gasteiger partial charge in [0.05, 0.1) is 33.2 Å². The van der Waals surface area contributed by atoms with Gasteiger partial charge in [-0.2, -0.15) is 0 Å². The normalized spacial score (nSPS) is 14.0. The maximum absolute atomic E-state index is 2.60. The molecule has 0 amide bonds. The predicted octanol–water partition coefficient (Wildman–Crippen LogP) is 22.6. The Morgan fingerprint density at radius 2 is 0.849 bits per heavy atom. The highest BCUT2D eigenvalue weighted by atomic mass is 32.1. The molecule has 16 aromatic rings. The zero-order valence-corrected chi connectivity index (χ0v) is 48.9. The molecule has 13 aromatic carbocycles. The van der Waals surface area contributed by atoms with Crippen LogP contribution in [0.25, 0.3) is 131 Å².